The van der Waals surface area contributed by atoms with Gasteiger partial charge in [-0.05, 0) is 71.3 Å². The molecule has 0 heterocycles. The Labute approximate surface area is 121 Å². The molecule has 0 aliphatic heterocycles. The van der Waals surface area contributed by atoms with Gasteiger partial charge in [-0.2, -0.15) is 0 Å². The predicted octanol–water partition coefficient (Wildman–Crippen LogP) is 4.66. The highest BCUT2D eigenvalue weighted by Crippen LogP contribution is 2.18. The Kier molecular flexibility index (Phi) is 4.22. The molecule has 0 unspecified atom stereocenters. The normalized spacial score (nSPS) is 10.4. The lowest BCUT2D eigenvalue weighted by Gasteiger charge is -2.09. The number of rotatable bonds is 3. The summed E-state index contributed by atoms with van der Waals surface area (Å²) in [5.41, 5.74) is 3.96. The average Bonchev–Trinajstić information content (AvgIpc) is 2.35. The monoisotopic (exact) mass is 355 g/mol. The minimum Gasteiger partial charge on any atom is -0.381 e. The Balaban J connectivity index is 2.06. The number of aryl methyl sites for hydroxylation is 2. The molecule has 0 aliphatic carbocycles. The number of halogens is 2. The zero-order valence-electron chi connectivity index (χ0n) is 10.4. The summed E-state index contributed by atoms with van der Waals surface area (Å²) in [6.07, 6.45) is 0. The molecule has 1 nitrogen and oxygen atoms in total. The van der Waals surface area contributed by atoms with Gasteiger partial charge in [0.05, 0.1) is 0 Å². The summed E-state index contributed by atoms with van der Waals surface area (Å²) in [4.78, 5) is 0. The molecule has 0 saturated carbocycles. The van der Waals surface area contributed by atoms with E-state index in [2.05, 4.69) is 47.0 Å². The molecule has 18 heavy (non-hydrogen) atoms. The molecule has 0 aliphatic rings. The standard InChI is InChI=1S/C15H15FIN/c1-10-3-5-12(7-14(10)16)9-18-13-6-4-11(2)15(17)8-13/h3-8,18H,9H2,1-2H3. The van der Waals surface area contributed by atoms with Crippen molar-refractivity contribution >= 4 is 28.3 Å². The van der Waals surface area contributed by atoms with Crippen molar-refractivity contribution in [1.82, 2.24) is 0 Å². The van der Waals surface area contributed by atoms with Crippen LogP contribution in [0.3, 0.4) is 0 Å². The molecule has 0 amide bonds. The van der Waals surface area contributed by atoms with Gasteiger partial charge in [-0.25, -0.2) is 4.39 Å². The minimum absolute atomic E-state index is 0.146. The maximum absolute atomic E-state index is 13.4. The average molecular weight is 355 g/mol. The summed E-state index contributed by atoms with van der Waals surface area (Å²) in [6.45, 7) is 4.49. The van der Waals surface area contributed by atoms with Crippen LogP contribution in [0.4, 0.5) is 10.1 Å². The van der Waals surface area contributed by atoms with Gasteiger partial charge < -0.3 is 5.32 Å². The second kappa shape index (κ2) is 5.69. The van der Waals surface area contributed by atoms with Crippen molar-refractivity contribution in [3.05, 3.63) is 62.5 Å². The van der Waals surface area contributed by atoms with Crippen LogP contribution in [0.5, 0.6) is 0 Å². The Morgan fingerprint density at radius 1 is 1.06 bits per heavy atom. The molecule has 2 rings (SSSR count). The van der Waals surface area contributed by atoms with Gasteiger partial charge in [0.15, 0.2) is 0 Å². The lowest BCUT2D eigenvalue weighted by Crippen LogP contribution is -2.00. The first kappa shape index (κ1) is 13.3. The Bertz CT molecular complexity index is 515. The highest BCUT2D eigenvalue weighted by atomic mass is 127. The Morgan fingerprint density at radius 3 is 2.44 bits per heavy atom. The smallest absolute Gasteiger partial charge is 0.126 e. The number of hydrogen-bond donors (Lipinski definition) is 1. The summed E-state index contributed by atoms with van der Waals surface area (Å²) in [7, 11) is 0. The molecule has 0 spiro atoms. The van der Waals surface area contributed by atoms with E-state index in [-0.39, 0.29) is 5.82 Å². The minimum atomic E-state index is -0.146. The van der Waals surface area contributed by atoms with Crippen LogP contribution < -0.4 is 5.32 Å². The summed E-state index contributed by atoms with van der Waals surface area (Å²) in [6, 6.07) is 11.6. The molecule has 0 bridgehead atoms. The zero-order valence-corrected chi connectivity index (χ0v) is 12.6. The molecular formula is C15H15FIN. The van der Waals surface area contributed by atoms with Gasteiger partial charge in [0.25, 0.3) is 0 Å². The highest BCUT2D eigenvalue weighted by Gasteiger charge is 2.01. The zero-order chi connectivity index (χ0) is 13.1. The van der Waals surface area contributed by atoms with Crippen LogP contribution in [-0.4, -0.2) is 0 Å². The van der Waals surface area contributed by atoms with E-state index >= 15 is 0 Å². The van der Waals surface area contributed by atoms with E-state index in [1.165, 1.54) is 9.13 Å². The summed E-state index contributed by atoms with van der Waals surface area (Å²) in [5, 5.41) is 3.30. The van der Waals surface area contributed by atoms with Crippen molar-refractivity contribution in [2.24, 2.45) is 0 Å². The molecule has 2 aromatic rings. The number of nitrogens with one attached hydrogen (secondary N) is 1. The third-order valence-corrected chi connectivity index (χ3v) is 4.07. The molecule has 3 heteroatoms. The van der Waals surface area contributed by atoms with E-state index in [0.717, 1.165) is 11.3 Å². The van der Waals surface area contributed by atoms with Crippen molar-refractivity contribution in [3.8, 4) is 0 Å². The van der Waals surface area contributed by atoms with Crippen molar-refractivity contribution in [2.45, 2.75) is 20.4 Å². The van der Waals surface area contributed by atoms with E-state index in [9.17, 15) is 4.39 Å². The van der Waals surface area contributed by atoms with Crippen LogP contribution in [0.2, 0.25) is 0 Å². The van der Waals surface area contributed by atoms with E-state index < -0.39 is 0 Å². The first-order valence-corrected chi connectivity index (χ1v) is 6.89. The largest absolute Gasteiger partial charge is 0.381 e. The van der Waals surface area contributed by atoms with Crippen LogP contribution in [0, 0.1) is 23.2 Å². The maximum atomic E-state index is 13.4. The van der Waals surface area contributed by atoms with Crippen LogP contribution in [0.15, 0.2) is 36.4 Å². The molecule has 94 valence electrons. The van der Waals surface area contributed by atoms with Crippen molar-refractivity contribution in [2.75, 3.05) is 5.32 Å². The first-order chi connectivity index (χ1) is 8.56. The van der Waals surface area contributed by atoms with Crippen molar-refractivity contribution in [3.63, 3.8) is 0 Å². The number of hydrogen-bond acceptors (Lipinski definition) is 1. The molecule has 2 aromatic carbocycles. The lowest BCUT2D eigenvalue weighted by molar-refractivity contribution is 0.616. The van der Waals surface area contributed by atoms with Crippen LogP contribution in [0.1, 0.15) is 16.7 Å². The van der Waals surface area contributed by atoms with E-state index in [1.54, 1.807) is 13.0 Å². The molecule has 0 saturated heterocycles. The van der Waals surface area contributed by atoms with Gasteiger partial charge in [0, 0.05) is 15.8 Å². The van der Waals surface area contributed by atoms with Crippen LogP contribution >= 0.6 is 22.6 Å². The Hall–Kier alpha value is -1.10. The number of anilines is 1. The SMILES string of the molecule is Cc1ccc(CNc2ccc(C)c(I)c2)cc1F. The maximum Gasteiger partial charge on any atom is 0.126 e. The topological polar surface area (TPSA) is 12.0 Å². The molecule has 0 fully saturated rings. The fourth-order valence-corrected chi connectivity index (χ4v) is 2.17. The molecule has 0 atom stereocenters. The van der Waals surface area contributed by atoms with Gasteiger partial charge >= 0.3 is 0 Å². The molecule has 1 N–H and O–H groups in total. The first-order valence-electron chi connectivity index (χ1n) is 5.81. The summed E-state index contributed by atoms with van der Waals surface area (Å²) < 4.78 is 14.6. The van der Waals surface area contributed by atoms with Gasteiger partial charge in [0.2, 0.25) is 0 Å². The van der Waals surface area contributed by atoms with Gasteiger partial charge in [-0.3, -0.25) is 0 Å². The predicted molar refractivity (Wildman–Crippen MR) is 82.4 cm³/mol. The van der Waals surface area contributed by atoms with Crippen LogP contribution in [0.25, 0.3) is 0 Å². The highest BCUT2D eigenvalue weighted by molar-refractivity contribution is 14.1. The van der Waals surface area contributed by atoms with E-state index in [1.807, 2.05) is 18.2 Å². The fraction of sp³-hybridized carbons (Fsp3) is 0.200. The molecule has 0 aromatic heterocycles. The summed E-state index contributed by atoms with van der Waals surface area (Å²) in [5.74, 6) is -0.146. The third kappa shape index (κ3) is 3.22. The number of benzene rings is 2. The molecule has 0 radical (unpaired) electrons. The Morgan fingerprint density at radius 2 is 1.78 bits per heavy atom. The van der Waals surface area contributed by atoms with Crippen molar-refractivity contribution < 1.29 is 4.39 Å². The molecular weight excluding hydrogens is 340 g/mol. The lowest BCUT2D eigenvalue weighted by atomic mass is 10.1. The van der Waals surface area contributed by atoms with Gasteiger partial charge in [-0.15, -0.1) is 0 Å². The van der Waals surface area contributed by atoms with E-state index in [0.29, 0.717) is 12.1 Å². The summed E-state index contributed by atoms with van der Waals surface area (Å²) >= 11 is 2.31. The van der Waals surface area contributed by atoms with Gasteiger partial charge in [0.1, 0.15) is 5.82 Å². The van der Waals surface area contributed by atoms with Gasteiger partial charge in [-0.1, -0.05) is 18.2 Å². The van der Waals surface area contributed by atoms with E-state index in [4.69, 9.17) is 0 Å². The third-order valence-electron chi connectivity index (χ3n) is 2.90. The quantitative estimate of drug-likeness (QED) is 0.790. The second-order valence-electron chi connectivity index (χ2n) is 4.40. The van der Waals surface area contributed by atoms with Crippen molar-refractivity contribution in [1.29, 1.82) is 0 Å². The van der Waals surface area contributed by atoms with Crippen LogP contribution in [-0.2, 0) is 6.54 Å². The second-order valence-corrected chi connectivity index (χ2v) is 5.56. The fourth-order valence-electron chi connectivity index (χ4n) is 1.65.